The van der Waals surface area contributed by atoms with Gasteiger partial charge in [-0.25, -0.2) is 15.1 Å². The molecule has 0 aromatic carbocycles. The first kappa shape index (κ1) is 6.90. The van der Waals surface area contributed by atoms with Gasteiger partial charge in [0.05, 0.1) is 11.1 Å². The van der Waals surface area contributed by atoms with E-state index in [0.29, 0.717) is 16.6 Å². The number of H-pyrrole nitrogens is 1. The van der Waals surface area contributed by atoms with Crippen LogP contribution in [0.1, 0.15) is 5.69 Å². The van der Waals surface area contributed by atoms with Crippen LogP contribution in [-0.2, 0) is 0 Å². The summed E-state index contributed by atoms with van der Waals surface area (Å²) >= 11 is 0. The number of nitrogens with one attached hydrogen (secondary N) is 1. The molecule has 0 saturated heterocycles. The summed E-state index contributed by atoms with van der Waals surface area (Å²) in [5, 5.41) is 6.61. The molecule has 0 aliphatic heterocycles. The molecule has 1 N–H and O–H groups in total. The van der Waals surface area contributed by atoms with Gasteiger partial charge in [0.2, 0.25) is 0 Å². The first-order chi connectivity index (χ1) is 5.79. The first-order valence-corrected chi connectivity index (χ1v) is 3.44. The van der Waals surface area contributed by atoms with Crippen LogP contribution in [0.25, 0.3) is 10.9 Å². The fraction of sp³-hybridized carbons (Fsp3) is 0.143. The second-order valence-electron chi connectivity index (χ2n) is 2.42. The van der Waals surface area contributed by atoms with Crippen molar-refractivity contribution >= 4 is 10.9 Å². The van der Waals surface area contributed by atoms with Gasteiger partial charge in [0.25, 0.3) is 5.56 Å². The normalized spacial score (nSPS) is 10.4. The van der Waals surface area contributed by atoms with Gasteiger partial charge in [-0.3, -0.25) is 4.79 Å². The molecule has 60 valence electrons. The monoisotopic (exact) mass is 162 g/mol. The standard InChI is InChI=1S/C7H6N4O/c1-4-6-5(2-8-3-9-6)7(12)11-10-4/h2-3H,1H3,(H,11,12). The summed E-state index contributed by atoms with van der Waals surface area (Å²) < 4.78 is 0. The van der Waals surface area contributed by atoms with E-state index in [1.165, 1.54) is 12.5 Å². The van der Waals surface area contributed by atoms with Gasteiger partial charge in [-0.1, -0.05) is 0 Å². The molecule has 2 heterocycles. The van der Waals surface area contributed by atoms with Crippen LogP contribution in [0.3, 0.4) is 0 Å². The third-order valence-electron chi connectivity index (χ3n) is 1.62. The minimum absolute atomic E-state index is 0.254. The average molecular weight is 162 g/mol. The highest BCUT2D eigenvalue weighted by Gasteiger charge is 2.02. The zero-order valence-corrected chi connectivity index (χ0v) is 6.40. The van der Waals surface area contributed by atoms with Crippen molar-refractivity contribution in [1.29, 1.82) is 0 Å². The van der Waals surface area contributed by atoms with Gasteiger partial charge in [-0.2, -0.15) is 5.10 Å². The summed E-state index contributed by atoms with van der Waals surface area (Å²) in [6, 6.07) is 0. The van der Waals surface area contributed by atoms with Crippen LogP contribution in [0.4, 0.5) is 0 Å². The molecule has 0 unspecified atom stereocenters. The van der Waals surface area contributed by atoms with E-state index in [1.54, 1.807) is 6.92 Å². The number of fused-ring (bicyclic) bond motifs is 1. The van der Waals surface area contributed by atoms with Gasteiger partial charge < -0.3 is 0 Å². The molecule has 0 spiro atoms. The van der Waals surface area contributed by atoms with Crippen molar-refractivity contribution in [1.82, 2.24) is 20.2 Å². The van der Waals surface area contributed by atoms with Gasteiger partial charge in [0.1, 0.15) is 11.8 Å². The summed E-state index contributed by atoms with van der Waals surface area (Å²) in [5.74, 6) is 0. The molecule has 0 saturated carbocycles. The smallest absolute Gasteiger partial charge is 0.267 e. The van der Waals surface area contributed by atoms with Gasteiger partial charge in [-0.15, -0.1) is 0 Å². The minimum Gasteiger partial charge on any atom is -0.267 e. The van der Waals surface area contributed by atoms with E-state index in [0.717, 1.165) is 0 Å². The topological polar surface area (TPSA) is 71.5 Å². The number of aromatic amines is 1. The molecule has 0 atom stereocenters. The molecular weight excluding hydrogens is 156 g/mol. The third kappa shape index (κ3) is 0.868. The van der Waals surface area contributed by atoms with Crippen LogP contribution in [0.2, 0.25) is 0 Å². The fourth-order valence-electron chi connectivity index (χ4n) is 1.03. The highest BCUT2D eigenvalue weighted by Crippen LogP contribution is 2.04. The lowest BCUT2D eigenvalue weighted by atomic mass is 10.3. The maximum absolute atomic E-state index is 11.1. The van der Waals surface area contributed by atoms with Crippen molar-refractivity contribution in [3.63, 3.8) is 0 Å². The van der Waals surface area contributed by atoms with Crippen LogP contribution < -0.4 is 5.56 Å². The van der Waals surface area contributed by atoms with Crippen LogP contribution >= 0.6 is 0 Å². The molecule has 0 radical (unpaired) electrons. The molecule has 2 aromatic heterocycles. The lowest BCUT2D eigenvalue weighted by Gasteiger charge is -1.95. The van der Waals surface area contributed by atoms with Crippen molar-refractivity contribution in [3.05, 3.63) is 28.6 Å². The second-order valence-corrected chi connectivity index (χ2v) is 2.42. The number of nitrogens with zero attached hydrogens (tertiary/aromatic N) is 3. The lowest BCUT2D eigenvalue weighted by Crippen LogP contribution is -2.10. The summed E-state index contributed by atoms with van der Waals surface area (Å²) in [6.07, 6.45) is 2.88. The summed E-state index contributed by atoms with van der Waals surface area (Å²) in [7, 11) is 0. The van der Waals surface area contributed by atoms with Crippen molar-refractivity contribution < 1.29 is 0 Å². The second kappa shape index (κ2) is 2.37. The third-order valence-corrected chi connectivity index (χ3v) is 1.62. The van der Waals surface area contributed by atoms with Crippen molar-refractivity contribution in [3.8, 4) is 0 Å². The summed E-state index contributed by atoms with van der Waals surface area (Å²) in [5.41, 5.74) is 1.05. The quantitative estimate of drug-likeness (QED) is 0.592. The van der Waals surface area contributed by atoms with Crippen molar-refractivity contribution in [2.24, 2.45) is 0 Å². The number of hydrogen-bond donors (Lipinski definition) is 1. The Bertz CT molecular complexity index is 476. The Hall–Kier alpha value is -1.78. The van der Waals surface area contributed by atoms with E-state index >= 15 is 0 Å². The summed E-state index contributed by atoms with van der Waals surface area (Å²) in [4.78, 5) is 18.8. The molecule has 5 heteroatoms. The van der Waals surface area contributed by atoms with Crippen LogP contribution in [0, 0.1) is 6.92 Å². The maximum atomic E-state index is 11.1. The van der Waals surface area contributed by atoms with E-state index in [1.807, 2.05) is 0 Å². The molecular formula is C7H6N4O. The predicted molar refractivity (Wildman–Crippen MR) is 42.7 cm³/mol. The SMILES string of the molecule is Cc1n[nH]c(=O)c2cncnc12. The number of rotatable bonds is 0. The largest absolute Gasteiger partial charge is 0.275 e. The molecule has 2 aromatic rings. The van der Waals surface area contributed by atoms with Crippen LogP contribution in [0.5, 0.6) is 0 Å². The van der Waals surface area contributed by atoms with E-state index in [-0.39, 0.29) is 5.56 Å². The van der Waals surface area contributed by atoms with Gasteiger partial charge >= 0.3 is 0 Å². The van der Waals surface area contributed by atoms with E-state index in [9.17, 15) is 4.79 Å². The predicted octanol–water partition coefficient (Wildman–Crippen LogP) is 0.0215. The van der Waals surface area contributed by atoms with Gasteiger partial charge in [0.15, 0.2) is 0 Å². The Kier molecular flexibility index (Phi) is 1.36. The summed E-state index contributed by atoms with van der Waals surface area (Å²) in [6.45, 7) is 1.78. The molecule has 0 fully saturated rings. The van der Waals surface area contributed by atoms with E-state index in [4.69, 9.17) is 0 Å². The van der Waals surface area contributed by atoms with Gasteiger partial charge in [0, 0.05) is 6.20 Å². The number of aryl methyl sites for hydroxylation is 1. The molecule has 0 amide bonds. The lowest BCUT2D eigenvalue weighted by molar-refractivity contribution is 0.958. The Balaban J connectivity index is 3.05. The molecule has 12 heavy (non-hydrogen) atoms. The maximum Gasteiger partial charge on any atom is 0.275 e. The highest BCUT2D eigenvalue weighted by molar-refractivity contribution is 5.77. The Labute approximate surface area is 67.5 Å². The Morgan fingerprint density at radius 2 is 2.33 bits per heavy atom. The van der Waals surface area contributed by atoms with Crippen LogP contribution in [0.15, 0.2) is 17.3 Å². The zero-order valence-electron chi connectivity index (χ0n) is 6.40. The van der Waals surface area contributed by atoms with Crippen molar-refractivity contribution in [2.45, 2.75) is 6.92 Å². The molecule has 5 nitrogen and oxygen atoms in total. The first-order valence-electron chi connectivity index (χ1n) is 3.44. The Morgan fingerprint density at radius 3 is 3.08 bits per heavy atom. The fourth-order valence-corrected chi connectivity index (χ4v) is 1.03. The number of hydrogen-bond acceptors (Lipinski definition) is 4. The average Bonchev–Trinajstić information content (AvgIpc) is 2.12. The van der Waals surface area contributed by atoms with Crippen LogP contribution in [-0.4, -0.2) is 20.2 Å². The molecule has 0 aliphatic rings. The highest BCUT2D eigenvalue weighted by atomic mass is 16.1. The molecule has 0 aliphatic carbocycles. The zero-order chi connectivity index (χ0) is 8.55. The molecule has 2 rings (SSSR count). The van der Waals surface area contributed by atoms with E-state index < -0.39 is 0 Å². The van der Waals surface area contributed by atoms with E-state index in [2.05, 4.69) is 20.2 Å². The number of aromatic nitrogens is 4. The molecule has 0 bridgehead atoms. The van der Waals surface area contributed by atoms with Gasteiger partial charge in [-0.05, 0) is 6.92 Å². The van der Waals surface area contributed by atoms with Crippen molar-refractivity contribution in [2.75, 3.05) is 0 Å². The Morgan fingerprint density at radius 1 is 1.50 bits per heavy atom. The minimum atomic E-state index is -0.254.